The van der Waals surface area contributed by atoms with Gasteiger partial charge in [0, 0.05) is 13.1 Å². The molecule has 27 heavy (non-hydrogen) atoms. The maximum Gasteiger partial charge on any atom is 0.414 e. The van der Waals surface area contributed by atoms with Crippen molar-refractivity contribution in [3.05, 3.63) is 24.0 Å². The number of alkyl carbamates (subject to hydrolysis) is 1. The Bertz CT molecular complexity index is 721. The number of cyclic esters (lactones) is 1. The van der Waals surface area contributed by atoms with Crippen LogP contribution in [0.5, 0.6) is 0 Å². The van der Waals surface area contributed by atoms with Gasteiger partial charge in [-0.1, -0.05) is 13.1 Å². The van der Waals surface area contributed by atoms with Crippen molar-refractivity contribution in [1.29, 1.82) is 0 Å². The molecule has 1 N–H and O–H groups in total. The minimum absolute atomic E-state index is 0.142. The normalized spacial score (nSPS) is 21.8. The maximum absolute atomic E-state index is 14.7. The van der Waals surface area contributed by atoms with Crippen LogP contribution < -0.4 is 15.1 Å². The number of ether oxygens (including phenoxy) is 2. The Morgan fingerprint density at radius 1 is 1.37 bits per heavy atom. The molecule has 2 aliphatic rings. The van der Waals surface area contributed by atoms with Gasteiger partial charge in [0.15, 0.2) is 0 Å². The molecule has 2 amide bonds. The molecule has 1 unspecified atom stereocenters. The Hall–Kier alpha value is -2.29. The highest BCUT2D eigenvalue weighted by molar-refractivity contribution is 6.77. The first-order valence-corrected chi connectivity index (χ1v) is 12.5. The van der Waals surface area contributed by atoms with E-state index in [4.69, 9.17) is 4.74 Å². The summed E-state index contributed by atoms with van der Waals surface area (Å²) in [6.07, 6.45) is -1.65. The number of amides is 2. The van der Waals surface area contributed by atoms with Gasteiger partial charge >= 0.3 is 12.2 Å². The summed E-state index contributed by atoms with van der Waals surface area (Å²) in [5.41, 5.74) is 1.04. The molecule has 148 valence electrons. The van der Waals surface area contributed by atoms with Crippen LogP contribution in [0.25, 0.3) is 0 Å². The number of benzene rings is 1. The lowest BCUT2D eigenvalue weighted by molar-refractivity contribution is 0.132. The Kier molecular flexibility index (Phi) is 5.59. The highest BCUT2D eigenvalue weighted by Gasteiger charge is 2.33. The van der Waals surface area contributed by atoms with Gasteiger partial charge in [-0.2, -0.15) is 0 Å². The summed E-state index contributed by atoms with van der Waals surface area (Å²) in [5, 5.41) is 2.49. The van der Waals surface area contributed by atoms with E-state index in [1.807, 2.05) is 0 Å². The fourth-order valence-corrected chi connectivity index (χ4v) is 5.38. The van der Waals surface area contributed by atoms with Crippen LogP contribution >= 0.6 is 0 Å². The number of halogens is 1. The summed E-state index contributed by atoms with van der Waals surface area (Å²) in [7, 11) is 0.139. The van der Waals surface area contributed by atoms with Gasteiger partial charge in [0.05, 0.1) is 39.6 Å². The van der Waals surface area contributed by atoms with Gasteiger partial charge in [0.25, 0.3) is 0 Å². The van der Waals surface area contributed by atoms with Crippen molar-refractivity contribution < 1.29 is 23.5 Å². The Morgan fingerprint density at radius 3 is 2.70 bits per heavy atom. The lowest BCUT2D eigenvalue weighted by Crippen LogP contribution is -2.43. The molecular formula is C18H26FN3O4Si. The number of methoxy groups -OCH3 is 1. The highest BCUT2D eigenvalue weighted by Crippen LogP contribution is 2.31. The highest BCUT2D eigenvalue weighted by atomic mass is 28.3. The third-order valence-electron chi connectivity index (χ3n) is 5.23. The van der Waals surface area contributed by atoms with E-state index < -0.39 is 26.4 Å². The van der Waals surface area contributed by atoms with E-state index in [0.717, 1.165) is 25.2 Å². The molecule has 0 radical (unpaired) electrons. The second-order valence-corrected chi connectivity index (χ2v) is 13.1. The van der Waals surface area contributed by atoms with Crippen LogP contribution in [0.4, 0.5) is 25.4 Å². The topological polar surface area (TPSA) is 71.1 Å². The smallest absolute Gasteiger partial charge is 0.414 e. The van der Waals surface area contributed by atoms with Crippen molar-refractivity contribution in [2.24, 2.45) is 0 Å². The van der Waals surface area contributed by atoms with Gasteiger partial charge in [0.2, 0.25) is 0 Å². The van der Waals surface area contributed by atoms with E-state index in [-0.39, 0.29) is 18.9 Å². The molecule has 0 aliphatic carbocycles. The maximum atomic E-state index is 14.7. The van der Waals surface area contributed by atoms with Crippen molar-refractivity contribution in [1.82, 2.24) is 5.32 Å². The van der Waals surface area contributed by atoms with E-state index >= 15 is 0 Å². The van der Waals surface area contributed by atoms with Crippen LogP contribution in [0.3, 0.4) is 0 Å². The van der Waals surface area contributed by atoms with Gasteiger partial charge in [0.1, 0.15) is 11.9 Å². The van der Waals surface area contributed by atoms with Crippen molar-refractivity contribution in [3.63, 3.8) is 0 Å². The van der Waals surface area contributed by atoms with Crippen LogP contribution in [0.1, 0.15) is 0 Å². The van der Waals surface area contributed by atoms with Crippen LogP contribution in [0.15, 0.2) is 18.2 Å². The van der Waals surface area contributed by atoms with Crippen LogP contribution in [0, 0.1) is 5.82 Å². The first kappa shape index (κ1) is 19.5. The Balaban J connectivity index is 1.65. The summed E-state index contributed by atoms with van der Waals surface area (Å²) >= 11 is 0. The molecule has 0 saturated carbocycles. The van der Waals surface area contributed by atoms with Crippen LogP contribution in [-0.4, -0.2) is 59.7 Å². The van der Waals surface area contributed by atoms with Gasteiger partial charge in [-0.15, -0.1) is 0 Å². The largest absolute Gasteiger partial charge is 0.453 e. The zero-order valence-electron chi connectivity index (χ0n) is 16.0. The quantitative estimate of drug-likeness (QED) is 0.794. The zero-order valence-corrected chi connectivity index (χ0v) is 17.0. The zero-order chi connectivity index (χ0) is 19.6. The SMILES string of the molecule is COC(=O)NCC1CN(c2ccc(N3CC[Si](C)(C)CC3)c(F)c2)C(=O)O1. The molecule has 2 heterocycles. The molecule has 2 fully saturated rings. The Morgan fingerprint density at radius 2 is 2.07 bits per heavy atom. The number of hydrogen-bond acceptors (Lipinski definition) is 5. The fraction of sp³-hybridized carbons (Fsp3) is 0.556. The van der Waals surface area contributed by atoms with E-state index in [1.165, 1.54) is 18.1 Å². The van der Waals surface area contributed by atoms with E-state index in [1.54, 1.807) is 12.1 Å². The predicted octanol–water partition coefficient (Wildman–Crippen LogP) is 3.04. The van der Waals surface area contributed by atoms with Crippen molar-refractivity contribution >= 4 is 31.6 Å². The van der Waals surface area contributed by atoms with Crippen LogP contribution in [-0.2, 0) is 9.47 Å². The number of rotatable bonds is 4. The second-order valence-electron chi connectivity index (χ2n) is 7.78. The van der Waals surface area contributed by atoms with Crippen molar-refractivity contribution in [2.75, 3.05) is 43.1 Å². The minimum Gasteiger partial charge on any atom is -0.453 e. The van der Waals surface area contributed by atoms with E-state index in [2.05, 4.69) is 28.0 Å². The number of anilines is 2. The summed E-state index contributed by atoms with van der Waals surface area (Å²) < 4.78 is 24.4. The lowest BCUT2D eigenvalue weighted by atomic mass is 10.2. The van der Waals surface area contributed by atoms with E-state index in [0.29, 0.717) is 11.4 Å². The van der Waals surface area contributed by atoms with Crippen molar-refractivity contribution in [2.45, 2.75) is 31.3 Å². The van der Waals surface area contributed by atoms with Crippen LogP contribution in [0.2, 0.25) is 25.2 Å². The van der Waals surface area contributed by atoms with Gasteiger partial charge in [-0.3, -0.25) is 4.90 Å². The molecule has 2 aliphatic heterocycles. The summed E-state index contributed by atoms with van der Waals surface area (Å²) in [5.74, 6) is -0.335. The first-order chi connectivity index (χ1) is 12.8. The molecule has 1 aromatic rings. The van der Waals surface area contributed by atoms with E-state index in [9.17, 15) is 14.0 Å². The Labute approximate surface area is 159 Å². The molecule has 1 atom stereocenters. The molecule has 2 saturated heterocycles. The predicted molar refractivity (Wildman–Crippen MR) is 104 cm³/mol. The number of nitrogens with zero attached hydrogens (tertiary/aromatic N) is 2. The standard InChI is InChI=1S/C18H26FN3O4Si/c1-25-17(23)20-11-14-12-22(18(24)26-14)13-4-5-16(15(19)10-13)21-6-8-27(2,3)9-7-21/h4-5,10,14H,6-9,11-12H2,1-3H3,(H,20,23). The average Bonchev–Trinajstić information content (AvgIpc) is 3.01. The summed E-state index contributed by atoms with van der Waals surface area (Å²) in [6, 6.07) is 7.16. The fourth-order valence-electron chi connectivity index (χ4n) is 3.38. The first-order valence-electron chi connectivity index (χ1n) is 9.13. The summed E-state index contributed by atoms with van der Waals surface area (Å²) in [4.78, 5) is 26.7. The number of carbonyl (C=O) groups excluding carboxylic acids is 2. The van der Waals surface area contributed by atoms with Gasteiger partial charge in [-0.25, -0.2) is 14.0 Å². The molecule has 3 rings (SSSR count). The molecule has 9 heteroatoms. The molecule has 1 aromatic carbocycles. The summed E-state index contributed by atoms with van der Waals surface area (Å²) in [6.45, 7) is 6.88. The number of hydrogen-bond donors (Lipinski definition) is 1. The lowest BCUT2D eigenvalue weighted by Gasteiger charge is -2.37. The molecule has 0 aromatic heterocycles. The number of carbonyl (C=O) groups is 2. The second kappa shape index (κ2) is 7.75. The molecular weight excluding hydrogens is 369 g/mol. The monoisotopic (exact) mass is 395 g/mol. The molecule has 0 bridgehead atoms. The average molecular weight is 396 g/mol. The van der Waals surface area contributed by atoms with Gasteiger partial charge in [-0.05, 0) is 30.3 Å². The third-order valence-corrected chi connectivity index (χ3v) is 8.39. The van der Waals surface area contributed by atoms with Gasteiger partial charge < -0.3 is 19.7 Å². The molecule has 0 spiro atoms. The minimum atomic E-state index is -1.12. The third kappa shape index (κ3) is 4.52. The van der Waals surface area contributed by atoms with Crippen molar-refractivity contribution in [3.8, 4) is 0 Å². The molecule has 7 nitrogen and oxygen atoms in total. The number of nitrogens with one attached hydrogen (secondary N) is 1.